The molecule has 4 N–H and O–H groups in total. The van der Waals surface area contributed by atoms with Crippen LogP contribution in [0, 0.1) is 13.8 Å². The number of anilines is 2. The van der Waals surface area contributed by atoms with Gasteiger partial charge in [0.25, 0.3) is 10.0 Å². The highest BCUT2D eigenvalue weighted by molar-refractivity contribution is 7.92. The van der Waals surface area contributed by atoms with E-state index in [1.54, 1.807) is 50.2 Å². The molecule has 0 bridgehead atoms. The third-order valence-corrected chi connectivity index (χ3v) is 4.93. The fourth-order valence-corrected chi connectivity index (χ4v) is 3.82. The predicted octanol–water partition coefficient (Wildman–Crippen LogP) is 3.04. The highest BCUT2D eigenvalue weighted by atomic mass is 35.5. The van der Waals surface area contributed by atoms with E-state index in [1.165, 1.54) is 0 Å². The van der Waals surface area contributed by atoms with Crippen molar-refractivity contribution in [1.82, 2.24) is 0 Å². The molecular weight excluding hydrogens is 310 g/mol. The van der Waals surface area contributed by atoms with Gasteiger partial charge in [-0.3, -0.25) is 10.6 Å². The molecule has 0 heterocycles. The van der Waals surface area contributed by atoms with Gasteiger partial charge >= 0.3 is 0 Å². The Hall–Kier alpha value is -1.76. The Kier molecular flexibility index (Phi) is 4.41. The van der Waals surface area contributed by atoms with Crippen molar-refractivity contribution in [2.75, 3.05) is 10.1 Å². The number of benzene rings is 2. The van der Waals surface area contributed by atoms with Gasteiger partial charge in [-0.25, -0.2) is 8.42 Å². The standard InChI is InChI=1S/C14H16ClN3O2S/c1-9-7-13(17-16)8-10(2)14(9)21(19,20)18-12-5-3-11(15)4-6-12/h3-8,17-18H,16H2,1-2H3. The van der Waals surface area contributed by atoms with Crippen LogP contribution >= 0.6 is 11.6 Å². The Morgan fingerprint density at radius 1 is 1.00 bits per heavy atom. The van der Waals surface area contributed by atoms with Gasteiger partial charge in [0.05, 0.1) is 4.90 Å². The molecule has 0 atom stereocenters. The summed E-state index contributed by atoms with van der Waals surface area (Å²) in [5.41, 5.74) is 4.86. The fraction of sp³-hybridized carbons (Fsp3) is 0.143. The lowest BCUT2D eigenvalue weighted by Gasteiger charge is -2.14. The number of hydrogen-bond donors (Lipinski definition) is 3. The first-order valence-corrected chi connectivity index (χ1v) is 8.06. The molecule has 0 fully saturated rings. The van der Waals surface area contributed by atoms with Crippen molar-refractivity contribution >= 4 is 33.0 Å². The highest BCUT2D eigenvalue weighted by Gasteiger charge is 2.20. The number of hydrazine groups is 1. The zero-order valence-electron chi connectivity index (χ0n) is 11.6. The molecule has 2 aromatic carbocycles. The summed E-state index contributed by atoms with van der Waals surface area (Å²) in [6, 6.07) is 9.84. The van der Waals surface area contributed by atoms with Gasteiger partial charge in [-0.15, -0.1) is 0 Å². The molecule has 0 aliphatic carbocycles. The van der Waals surface area contributed by atoms with Crippen LogP contribution in [-0.2, 0) is 10.0 Å². The van der Waals surface area contributed by atoms with E-state index in [2.05, 4.69) is 10.1 Å². The van der Waals surface area contributed by atoms with Gasteiger partial charge in [0, 0.05) is 16.4 Å². The molecule has 7 heteroatoms. The summed E-state index contributed by atoms with van der Waals surface area (Å²) < 4.78 is 27.6. The number of hydrogen-bond acceptors (Lipinski definition) is 4. The average molecular weight is 326 g/mol. The first-order valence-electron chi connectivity index (χ1n) is 6.20. The summed E-state index contributed by atoms with van der Waals surface area (Å²) in [6.45, 7) is 3.45. The van der Waals surface area contributed by atoms with Crippen molar-refractivity contribution in [3.8, 4) is 0 Å². The SMILES string of the molecule is Cc1cc(NN)cc(C)c1S(=O)(=O)Nc1ccc(Cl)cc1. The highest BCUT2D eigenvalue weighted by Crippen LogP contribution is 2.26. The molecule has 2 aromatic rings. The minimum Gasteiger partial charge on any atom is -0.324 e. The maximum absolute atomic E-state index is 12.5. The molecule has 0 aliphatic rings. The Balaban J connectivity index is 2.42. The molecule has 0 unspecified atom stereocenters. The topological polar surface area (TPSA) is 84.2 Å². The van der Waals surface area contributed by atoms with Gasteiger partial charge < -0.3 is 5.43 Å². The molecule has 21 heavy (non-hydrogen) atoms. The minimum absolute atomic E-state index is 0.247. The van der Waals surface area contributed by atoms with E-state index in [0.29, 0.717) is 27.5 Å². The zero-order chi connectivity index (χ0) is 15.6. The Bertz CT molecular complexity index is 735. The lowest BCUT2D eigenvalue weighted by atomic mass is 10.1. The maximum atomic E-state index is 12.5. The van der Waals surface area contributed by atoms with E-state index in [4.69, 9.17) is 17.4 Å². The van der Waals surface area contributed by atoms with Crippen LogP contribution in [0.15, 0.2) is 41.3 Å². The van der Waals surface area contributed by atoms with Crippen LogP contribution in [0.1, 0.15) is 11.1 Å². The first-order chi connectivity index (χ1) is 9.83. The second-order valence-electron chi connectivity index (χ2n) is 4.70. The quantitative estimate of drug-likeness (QED) is 0.596. The molecule has 0 saturated heterocycles. The summed E-state index contributed by atoms with van der Waals surface area (Å²) in [5.74, 6) is 5.36. The third kappa shape index (κ3) is 3.47. The average Bonchev–Trinajstić information content (AvgIpc) is 2.39. The molecule has 5 nitrogen and oxygen atoms in total. The number of rotatable bonds is 4. The monoisotopic (exact) mass is 325 g/mol. The van der Waals surface area contributed by atoms with Crippen molar-refractivity contribution in [2.45, 2.75) is 18.7 Å². The van der Waals surface area contributed by atoms with Crippen molar-refractivity contribution in [3.63, 3.8) is 0 Å². The third-order valence-electron chi connectivity index (χ3n) is 2.99. The van der Waals surface area contributed by atoms with Crippen molar-refractivity contribution < 1.29 is 8.42 Å². The Labute approximate surface area is 129 Å². The van der Waals surface area contributed by atoms with Crippen molar-refractivity contribution in [3.05, 3.63) is 52.5 Å². The van der Waals surface area contributed by atoms with Crippen LogP contribution in [0.25, 0.3) is 0 Å². The van der Waals surface area contributed by atoms with Crippen LogP contribution in [0.5, 0.6) is 0 Å². The Morgan fingerprint density at radius 2 is 1.52 bits per heavy atom. The molecular formula is C14H16ClN3O2S. The van der Waals surface area contributed by atoms with E-state index >= 15 is 0 Å². The molecule has 0 spiro atoms. The van der Waals surface area contributed by atoms with E-state index in [-0.39, 0.29) is 4.90 Å². The predicted molar refractivity (Wildman–Crippen MR) is 86.0 cm³/mol. The van der Waals surface area contributed by atoms with Gasteiger partial charge in [0.15, 0.2) is 0 Å². The number of nitrogens with two attached hydrogens (primary N) is 1. The molecule has 2 rings (SSSR count). The van der Waals surface area contributed by atoms with Gasteiger partial charge in [0.2, 0.25) is 0 Å². The number of aryl methyl sites for hydroxylation is 2. The minimum atomic E-state index is -3.67. The van der Waals surface area contributed by atoms with E-state index in [9.17, 15) is 8.42 Å². The largest absolute Gasteiger partial charge is 0.324 e. The van der Waals surface area contributed by atoms with E-state index in [0.717, 1.165) is 0 Å². The summed E-state index contributed by atoms with van der Waals surface area (Å²) in [6.07, 6.45) is 0. The van der Waals surface area contributed by atoms with E-state index in [1.807, 2.05) is 0 Å². The fourth-order valence-electron chi connectivity index (χ4n) is 2.18. The van der Waals surface area contributed by atoms with Crippen LogP contribution in [0.4, 0.5) is 11.4 Å². The second kappa shape index (κ2) is 5.93. The van der Waals surface area contributed by atoms with Gasteiger partial charge in [-0.05, 0) is 61.4 Å². The Morgan fingerprint density at radius 3 is 2.00 bits per heavy atom. The molecule has 0 aliphatic heterocycles. The van der Waals surface area contributed by atoms with Crippen LogP contribution in [-0.4, -0.2) is 8.42 Å². The van der Waals surface area contributed by atoms with Gasteiger partial charge in [-0.2, -0.15) is 0 Å². The van der Waals surface area contributed by atoms with Gasteiger partial charge in [0.1, 0.15) is 0 Å². The number of sulfonamides is 1. The number of halogens is 1. The summed E-state index contributed by atoms with van der Waals surface area (Å²) >= 11 is 5.79. The number of nitrogen functional groups attached to an aromatic ring is 1. The lowest BCUT2D eigenvalue weighted by molar-refractivity contribution is 0.600. The molecule has 112 valence electrons. The molecule has 0 amide bonds. The smallest absolute Gasteiger partial charge is 0.262 e. The normalized spacial score (nSPS) is 11.2. The molecule has 0 radical (unpaired) electrons. The zero-order valence-corrected chi connectivity index (χ0v) is 13.2. The lowest BCUT2D eigenvalue weighted by Crippen LogP contribution is -2.16. The van der Waals surface area contributed by atoms with Crippen molar-refractivity contribution in [1.29, 1.82) is 0 Å². The number of nitrogens with one attached hydrogen (secondary N) is 2. The summed E-state index contributed by atoms with van der Waals surface area (Å²) in [7, 11) is -3.67. The first kappa shape index (κ1) is 15.6. The summed E-state index contributed by atoms with van der Waals surface area (Å²) in [5, 5.41) is 0.545. The maximum Gasteiger partial charge on any atom is 0.262 e. The molecule has 0 aromatic heterocycles. The van der Waals surface area contributed by atoms with Crippen LogP contribution in [0.3, 0.4) is 0 Å². The van der Waals surface area contributed by atoms with Crippen molar-refractivity contribution in [2.24, 2.45) is 5.84 Å². The summed E-state index contributed by atoms with van der Waals surface area (Å²) in [4.78, 5) is 0.247. The molecule has 0 saturated carbocycles. The van der Waals surface area contributed by atoms with Crippen LogP contribution < -0.4 is 16.0 Å². The van der Waals surface area contributed by atoms with Crippen LogP contribution in [0.2, 0.25) is 5.02 Å². The second-order valence-corrected chi connectivity index (χ2v) is 6.75. The van der Waals surface area contributed by atoms with Gasteiger partial charge in [-0.1, -0.05) is 11.6 Å². The van der Waals surface area contributed by atoms with E-state index < -0.39 is 10.0 Å².